The molecule has 6 bridgehead atoms. The van der Waals surface area contributed by atoms with E-state index in [0.29, 0.717) is 247 Å². The first-order valence-corrected chi connectivity index (χ1v) is 48.2. The van der Waals surface area contributed by atoms with Gasteiger partial charge in [-0.25, -0.2) is 18.8 Å². The van der Waals surface area contributed by atoms with Gasteiger partial charge < -0.3 is 159 Å². The average molecular weight is 1960 g/mol. The Morgan fingerprint density at radius 2 is 0.775 bits per heavy atom. The molecular weight excluding hydrogens is 1820 g/mol. The Hall–Kier alpha value is -7.29. The van der Waals surface area contributed by atoms with Crippen LogP contribution in [0.25, 0.3) is 0 Å². The van der Waals surface area contributed by atoms with Crippen LogP contribution in [-0.4, -0.2) is 393 Å². The Labute approximate surface area is 804 Å². The van der Waals surface area contributed by atoms with Crippen LogP contribution in [-0.2, 0) is 198 Å². The van der Waals surface area contributed by atoms with Crippen LogP contribution in [0.5, 0.6) is 0 Å². The summed E-state index contributed by atoms with van der Waals surface area (Å²) in [5.41, 5.74) is -1.37. The van der Waals surface area contributed by atoms with Crippen molar-refractivity contribution in [2.75, 3.05) is 211 Å². The second kappa shape index (κ2) is 54.4. The van der Waals surface area contributed by atoms with Gasteiger partial charge in [-0.3, -0.25) is 19.2 Å². The number of carbonyl (C=O) groups excluding carboxylic acids is 5. The molecule has 0 aliphatic carbocycles. The number of benzene rings is 1. The lowest BCUT2D eigenvalue weighted by atomic mass is 9.88. The maximum absolute atomic E-state index is 14.3. The normalized spacial score (nSPS) is 26.4. The van der Waals surface area contributed by atoms with Crippen molar-refractivity contribution < 1.29 is 157 Å². The predicted molar refractivity (Wildman–Crippen MR) is 476 cm³/mol. The van der Waals surface area contributed by atoms with Crippen molar-refractivity contribution in [1.29, 1.82) is 0 Å². The summed E-state index contributed by atoms with van der Waals surface area (Å²) in [4.78, 5) is 63.4. The second-order valence-electron chi connectivity index (χ2n) is 36.8. The molecule has 0 saturated carbocycles. The molecule has 0 spiro atoms. The molecule has 0 unspecified atom stereocenters. The molecular formula is C91H144N14O33. The maximum atomic E-state index is 14.3. The van der Waals surface area contributed by atoms with Crippen LogP contribution in [0, 0.1) is 0 Å². The van der Waals surface area contributed by atoms with E-state index in [1.807, 2.05) is 71.9 Å². The minimum atomic E-state index is -1.30. The van der Waals surface area contributed by atoms with E-state index in [4.69, 9.17) is 133 Å². The molecule has 47 heteroatoms. The number of unbranched alkanes of at least 4 members (excludes halogenated alkanes) is 4. The van der Waals surface area contributed by atoms with Gasteiger partial charge in [0.25, 0.3) is 0 Å². The Morgan fingerprint density at radius 1 is 0.399 bits per heavy atom. The number of fused-ring (bicyclic) bond motifs is 12. The van der Waals surface area contributed by atoms with Crippen LogP contribution in [0.4, 0.5) is 4.79 Å². The summed E-state index contributed by atoms with van der Waals surface area (Å²) in [7, 11) is 0. The Balaban J connectivity index is 0.539. The molecule has 5 N–H and O–H groups in total. The van der Waals surface area contributed by atoms with Gasteiger partial charge in [0.15, 0.2) is 36.2 Å². The zero-order valence-electron chi connectivity index (χ0n) is 80.9. The molecule has 12 heterocycles. The minimum Gasteiger partial charge on any atom is -0.445 e. The molecule has 14 atom stereocenters. The van der Waals surface area contributed by atoms with Crippen LogP contribution < -0.4 is 26.6 Å². The van der Waals surface area contributed by atoms with E-state index in [1.54, 1.807) is 32.6 Å². The fraction of sp³-hybridized carbons (Fsp3) is 0.813. The largest absolute Gasteiger partial charge is 0.445 e. The van der Waals surface area contributed by atoms with Crippen molar-refractivity contribution in [3.05, 3.63) is 71.6 Å². The summed E-state index contributed by atoms with van der Waals surface area (Å²) in [6, 6.07) is 8.40. The van der Waals surface area contributed by atoms with Crippen molar-refractivity contribution in [1.82, 2.24) is 71.6 Å². The third-order valence-corrected chi connectivity index (χ3v) is 23.8. The number of nitrogens with one attached hydrogen (secondary N) is 5. The van der Waals surface area contributed by atoms with Gasteiger partial charge in [-0.05, 0) is 72.8 Å². The number of carbonyl (C=O) groups is 5. The molecule has 5 amide bonds. The number of rotatable bonds is 71. The van der Waals surface area contributed by atoms with Crippen LogP contribution >= 0.6 is 0 Å². The third kappa shape index (κ3) is 33.9. The van der Waals surface area contributed by atoms with Gasteiger partial charge in [-0.1, -0.05) is 58.8 Å². The number of nitrogens with zero attached hydrogens (tertiary/aromatic N) is 9. The molecule has 13 rings (SSSR count). The molecule has 47 nitrogen and oxygen atoms in total. The molecule has 3 aromatic heterocycles. The lowest BCUT2D eigenvalue weighted by molar-refractivity contribution is -0.214. The van der Waals surface area contributed by atoms with E-state index in [1.165, 1.54) is 13.8 Å². The number of hydrogen-bond donors (Lipinski definition) is 5. The highest BCUT2D eigenvalue weighted by Gasteiger charge is 2.68. The minimum absolute atomic E-state index is 0.00144. The molecule has 4 aromatic rings. The predicted octanol–water partition coefficient (Wildman–Crippen LogP) is 1.96. The summed E-state index contributed by atoms with van der Waals surface area (Å²) in [6.07, 6.45) is 5.73. The highest BCUT2D eigenvalue weighted by molar-refractivity contribution is 5.77. The van der Waals surface area contributed by atoms with Gasteiger partial charge >= 0.3 is 6.09 Å². The molecule has 1 aromatic carbocycles. The average Bonchev–Trinajstić information content (AvgIpc) is 1.57. The highest BCUT2D eigenvalue weighted by Crippen LogP contribution is 2.50. The van der Waals surface area contributed by atoms with Crippen LogP contribution in [0.3, 0.4) is 0 Å². The van der Waals surface area contributed by atoms with E-state index in [9.17, 15) is 24.0 Å². The standard InChI is InChI=1S/C91H144N14O33/c1-65(106)94-75-77-80(135-86(5,6)132-77)90(63-128-82(75)137-90)60-121-46-43-118-40-37-115-34-31-112-28-25-104-50-69(98-101-104)54-124-57-88(96-73(109)21-15-11-16-22-92-72(108)20-14-10-17-23-93-84(110)126-52-67-18-12-9-13-19-67,56-123-53-68-49-103(100-97-68)24-27-111-30-33-114-36-39-117-42-45-120-59-89-62-127-74(131-89)48-71-79(89)134-85(3,4)130-71)58-125-55-70-51-105(102-99-70)26-29-113-32-35-116-38-41-119-44-47-122-61-91-64-129-83(138-91)76(95-66(2)107)78-81(91)136-87(7,8)133-78/h9,12-13,18-19,49-51,71,74-83H,10-11,14-17,20-48,52-64H2,1-8H3,(H,92,108)(H,93,110)(H,94,106)(H,95,107)(H,96,109)/t71-,74+,75-,76-,77-,78-,79-,80-,81-,82+,83+,89+,90+,91+/m1/s1. The summed E-state index contributed by atoms with van der Waals surface area (Å²) in [6.45, 7) is 24.5. The highest BCUT2D eigenvalue weighted by atomic mass is 16.8. The number of aromatic nitrogens is 9. The first kappa shape index (κ1) is 108. The summed E-state index contributed by atoms with van der Waals surface area (Å²) in [5, 5.41) is 40.9. The third-order valence-electron chi connectivity index (χ3n) is 23.8. The summed E-state index contributed by atoms with van der Waals surface area (Å²) >= 11 is 0. The fourth-order valence-electron chi connectivity index (χ4n) is 17.5. The molecule has 0 radical (unpaired) electrons. The number of ether oxygens (including phenoxy) is 28. The van der Waals surface area contributed by atoms with Gasteiger partial charge in [0.05, 0.1) is 262 Å². The number of amides is 5. The quantitative estimate of drug-likeness (QED) is 0.0394. The maximum Gasteiger partial charge on any atom is 0.407 e. The zero-order chi connectivity index (χ0) is 97.0. The van der Waals surface area contributed by atoms with E-state index in [0.717, 1.165) is 12.0 Å². The first-order chi connectivity index (χ1) is 66.8. The molecule has 9 saturated heterocycles. The Kier molecular flexibility index (Phi) is 42.6. The van der Waals surface area contributed by atoms with Crippen LogP contribution in [0.1, 0.15) is 136 Å². The van der Waals surface area contributed by atoms with E-state index < -0.39 is 94.9 Å². The molecule has 9 aliphatic rings. The van der Waals surface area contributed by atoms with Gasteiger partial charge in [-0.15, -0.1) is 15.3 Å². The molecule has 9 fully saturated rings. The van der Waals surface area contributed by atoms with Crippen LogP contribution in [0.2, 0.25) is 0 Å². The molecule has 776 valence electrons. The Morgan fingerprint density at radius 3 is 1.20 bits per heavy atom. The molecule has 138 heavy (non-hydrogen) atoms. The lowest BCUT2D eigenvalue weighted by Crippen LogP contribution is -2.65. The SMILES string of the molecule is CC(=O)N[C@H]1[C@H]2OC[C@](COCCOCCOCCOCCn3cc(COCC(COCc4cn(CCOCCOCCOCCOC[C@@]56CO[C@@H](O5)[C@H](NC(C)=O)[C@H]5OC(C)(C)O[C@H]56)nn4)(COCc4cn(CCOCCOCCOCCOC[C@]56CO[C@H](C[C@H]7OC(C)(C)O[C@H]75)O6)nn4)NC(=O)CCCCCNC(=O)CCCCCNC(=O)OCc4ccccc4)nn3)(O2)[C@@H]2OC(C)(C)O[C@H]12. The van der Waals surface area contributed by atoms with Gasteiger partial charge in [0.2, 0.25) is 23.6 Å². The first-order valence-electron chi connectivity index (χ1n) is 48.2. The van der Waals surface area contributed by atoms with E-state index in [-0.39, 0.29) is 121 Å². The van der Waals surface area contributed by atoms with Crippen molar-refractivity contribution in [2.24, 2.45) is 0 Å². The van der Waals surface area contributed by atoms with Gasteiger partial charge in [0.1, 0.15) is 88.6 Å². The van der Waals surface area contributed by atoms with E-state index >= 15 is 0 Å². The summed E-state index contributed by atoms with van der Waals surface area (Å²) < 4.78 is 174. The topological polar surface area (TPSA) is 496 Å². The zero-order valence-corrected chi connectivity index (χ0v) is 80.9. The second-order valence-corrected chi connectivity index (χ2v) is 36.8. The fourth-order valence-corrected chi connectivity index (χ4v) is 17.5. The van der Waals surface area contributed by atoms with E-state index in [2.05, 4.69) is 57.5 Å². The molecule has 9 aliphatic heterocycles. The number of hydrogen-bond acceptors (Lipinski definition) is 39. The number of alkyl carbamates (subject to hydrolysis) is 1. The van der Waals surface area contributed by atoms with Gasteiger partial charge in [0, 0.05) is 46.2 Å². The summed E-state index contributed by atoms with van der Waals surface area (Å²) in [5.74, 6) is -3.25. The van der Waals surface area contributed by atoms with Crippen molar-refractivity contribution in [3.8, 4) is 0 Å². The lowest BCUT2D eigenvalue weighted by Gasteiger charge is -2.42. The smallest absolute Gasteiger partial charge is 0.407 e. The van der Waals surface area contributed by atoms with Crippen molar-refractivity contribution in [2.45, 2.75) is 267 Å². The van der Waals surface area contributed by atoms with Crippen LogP contribution in [0.15, 0.2) is 48.9 Å². The van der Waals surface area contributed by atoms with Crippen molar-refractivity contribution in [3.63, 3.8) is 0 Å². The monoisotopic (exact) mass is 1960 g/mol. The Bertz CT molecular complexity index is 4120. The van der Waals surface area contributed by atoms with Gasteiger partial charge in [-0.2, -0.15) is 0 Å². The van der Waals surface area contributed by atoms with Crippen molar-refractivity contribution >= 4 is 29.7 Å².